The van der Waals surface area contributed by atoms with E-state index in [-0.39, 0.29) is 27.1 Å². The Labute approximate surface area is 157 Å². The van der Waals surface area contributed by atoms with Gasteiger partial charge in [0.15, 0.2) is 11.1 Å². The minimum atomic E-state index is -4.86. The second-order valence-corrected chi connectivity index (χ2v) is 7.49. The lowest BCUT2D eigenvalue weighted by Crippen LogP contribution is -2.13. The molecule has 0 aromatic heterocycles. The van der Waals surface area contributed by atoms with E-state index in [0.29, 0.717) is 0 Å². The van der Waals surface area contributed by atoms with Gasteiger partial charge in [-0.2, -0.15) is 8.42 Å². The lowest BCUT2D eigenvalue weighted by Gasteiger charge is -2.14. The van der Waals surface area contributed by atoms with Crippen molar-refractivity contribution < 1.29 is 40.8 Å². The molecule has 2 N–H and O–H groups in total. The number of methoxy groups -OCH3 is 2. The maximum absolute atomic E-state index is 12.2. The maximum Gasteiger partial charge on any atom is 0.338 e. The molecule has 2 rings (SSSR count). The third-order valence-corrected chi connectivity index (χ3v) is 5.10. The van der Waals surface area contributed by atoms with Crippen LogP contribution in [-0.2, 0) is 30.7 Å². The van der Waals surface area contributed by atoms with Gasteiger partial charge in [-0.1, -0.05) is 12.1 Å². The summed E-state index contributed by atoms with van der Waals surface area (Å²) in [5.74, 6) is -1.89. The smallest absolute Gasteiger partial charge is 0.338 e. The number of carbonyl (C=O) groups excluding carboxylic acids is 2. The number of esters is 2. The third kappa shape index (κ3) is 4.39. The van der Waals surface area contributed by atoms with Gasteiger partial charge in [0.25, 0.3) is 10.1 Å². The van der Waals surface area contributed by atoms with Gasteiger partial charge >= 0.3 is 11.9 Å². The predicted octanol–water partition coefficient (Wildman–Crippen LogP) is 1.75. The van der Waals surface area contributed by atoms with Crippen molar-refractivity contribution in [1.29, 1.82) is 0 Å². The quantitative estimate of drug-likeness (QED) is 0.424. The van der Waals surface area contributed by atoms with E-state index < -0.39 is 38.0 Å². The molecule has 0 radical (unpaired) electrons. The number of hydrogen-bond acceptors (Lipinski definition) is 7. The zero-order chi connectivity index (χ0) is 20.4. The first-order valence-electron chi connectivity index (χ1n) is 7.13. The van der Waals surface area contributed by atoms with Crippen molar-refractivity contribution in [3.63, 3.8) is 0 Å². The Kier molecular flexibility index (Phi) is 6.11. The summed E-state index contributed by atoms with van der Waals surface area (Å²) >= 11 is -2.26. The van der Waals surface area contributed by atoms with E-state index in [1.54, 1.807) is 0 Å². The molecule has 0 aliphatic heterocycles. The van der Waals surface area contributed by atoms with Crippen LogP contribution in [0.2, 0.25) is 0 Å². The summed E-state index contributed by atoms with van der Waals surface area (Å²) in [4.78, 5) is 23.3. The fourth-order valence-corrected chi connectivity index (χ4v) is 3.49. The summed E-state index contributed by atoms with van der Waals surface area (Å²) in [6.45, 7) is 0. The van der Waals surface area contributed by atoms with E-state index in [1.165, 1.54) is 24.3 Å². The summed E-state index contributed by atoms with van der Waals surface area (Å²) in [7, 11) is -2.74. The maximum atomic E-state index is 12.2. The highest BCUT2D eigenvalue weighted by molar-refractivity contribution is 7.86. The van der Waals surface area contributed by atoms with E-state index >= 15 is 0 Å². The third-order valence-electron chi connectivity index (χ3n) is 3.55. The van der Waals surface area contributed by atoms with Gasteiger partial charge in [0.1, 0.15) is 4.90 Å². The van der Waals surface area contributed by atoms with Crippen LogP contribution in [0.4, 0.5) is 0 Å². The van der Waals surface area contributed by atoms with Crippen molar-refractivity contribution in [2.45, 2.75) is 9.79 Å². The Hall–Kier alpha value is -2.60. The Morgan fingerprint density at radius 3 is 2.00 bits per heavy atom. The summed E-state index contributed by atoms with van der Waals surface area (Å²) in [5, 5.41) is 0. The largest absolute Gasteiger partial charge is 0.465 e. The summed E-state index contributed by atoms with van der Waals surface area (Å²) in [6, 6.07) is 7.00. The molecule has 9 nitrogen and oxygen atoms in total. The molecule has 0 spiro atoms. The standard InChI is InChI=1S/C16H14O9S2/c1-24-15(17)10-7-12(16(18)25-2)14(13(8-10)27(21,22)23)9-3-5-11(6-4-9)26(19)20/h3-8H,1-2H3,(H,19,20)(H,21,22,23). The van der Waals surface area contributed by atoms with Crippen molar-refractivity contribution in [1.82, 2.24) is 0 Å². The topological polar surface area (TPSA) is 144 Å². The van der Waals surface area contributed by atoms with Gasteiger partial charge in [0.2, 0.25) is 0 Å². The molecular formula is C16H14O9S2. The summed E-state index contributed by atoms with van der Waals surface area (Å²) < 4.78 is 62.7. The minimum Gasteiger partial charge on any atom is -0.465 e. The highest BCUT2D eigenvalue weighted by atomic mass is 32.2. The highest BCUT2D eigenvalue weighted by Crippen LogP contribution is 2.33. The molecule has 0 aliphatic carbocycles. The van der Waals surface area contributed by atoms with Crippen LogP contribution in [-0.4, -0.2) is 47.9 Å². The molecule has 0 bridgehead atoms. The van der Waals surface area contributed by atoms with Crippen LogP contribution in [0.25, 0.3) is 11.1 Å². The second-order valence-electron chi connectivity index (χ2n) is 5.13. The van der Waals surface area contributed by atoms with Crippen LogP contribution in [0.3, 0.4) is 0 Å². The van der Waals surface area contributed by atoms with Gasteiger partial charge in [0.05, 0.1) is 30.2 Å². The number of benzene rings is 2. The normalized spacial score (nSPS) is 12.3. The Balaban J connectivity index is 2.89. The van der Waals surface area contributed by atoms with Gasteiger partial charge in [0, 0.05) is 5.56 Å². The number of carbonyl (C=O) groups is 2. The molecule has 0 heterocycles. The molecule has 0 amide bonds. The molecule has 0 fully saturated rings. The predicted molar refractivity (Wildman–Crippen MR) is 93.4 cm³/mol. The molecule has 0 saturated carbocycles. The second kappa shape index (κ2) is 7.96. The van der Waals surface area contributed by atoms with Crippen molar-refractivity contribution >= 4 is 33.1 Å². The lowest BCUT2D eigenvalue weighted by molar-refractivity contribution is 0.0599. The molecule has 2 aromatic rings. The molecular weight excluding hydrogens is 400 g/mol. The Bertz CT molecular complexity index is 1020. The highest BCUT2D eigenvalue weighted by Gasteiger charge is 2.27. The average Bonchev–Trinajstić information content (AvgIpc) is 2.64. The average molecular weight is 414 g/mol. The molecule has 144 valence electrons. The fraction of sp³-hybridized carbons (Fsp3) is 0.125. The van der Waals surface area contributed by atoms with Crippen LogP contribution >= 0.6 is 0 Å². The number of rotatable bonds is 5. The van der Waals surface area contributed by atoms with Crippen LogP contribution < -0.4 is 0 Å². The molecule has 1 unspecified atom stereocenters. The Morgan fingerprint density at radius 1 is 1.00 bits per heavy atom. The number of hydrogen-bond donors (Lipinski definition) is 2. The van der Waals surface area contributed by atoms with Gasteiger partial charge in [-0.15, -0.1) is 0 Å². The first kappa shape index (κ1) is 20.7. The van der Waals surface area contributed by atoms with E-state index in [9.17, 15) is 26.8 Å². The van der Waals surface area contributed by atoms with Gasteiger partial charge < -0.3 is 14.0 Å². The van der Waals surface area contributed by atoms with Crippen molar-refractivity contribution in [3.05, 3.63) is 47.5 Å². The van der Waals surface area contributed by atoms with Crippen LogP contribution in [0.1, 0.15) is 20.7 Å². The molecule has 0 aliphatic rings. The molecule has 2 aromatic carbocycles. The van der Waals surface area contributed by atoms with E-state index in [2.05, 4.69) is 9.47 Å². The fourth-order valence-electron chi connectivity index (χ4n) is 2.36. The summed E-state index contributed by atoms with van der Waals surface area (Å²) in [5.41, 5.74) is -0.700. The first-order chi connectivity index (χ1) is 12.6. The van der Waals surface area contributed by atoms with Crippen LogP contribution in [0.5, 0.6) is 0 Å². The lowest BCUT2D eigenvalue weighted by atomic mass is 9.97. The van der Waals surface area contributed by atoms with Gasteiger partial charge in [-0.05, 0) is 29.8 Å². The van der Waals surface area contributed by atoms with Crippen LogP contribution in [0, 0.1) is 0 Å². The number of ether oxygens (including phenoxy) is 2. The van der Waals surface area contributed by atoms with E-state index in [0.717, 1.165) is 26.4 Å². The van der Waals surface area contributed by atoms with E-state index in [1.807, 2.05) is 0 Å². The monoisotopic (exact) mass is 414 g/mol. The SMILES string of the molecule is COC(=O)c1cc(C(=O)OC)c(-c2ccc(S(=O)O)cc2)c(S(=O)(=O)O)c1. The molecule has 11 heteroatoms. The zero-order valence-electron chi connectivity index (χ0n) is 14.0. The van der Waals surface area contributed by atoms with Crippen molar-refractivity contribution in [3.8, 4) is 11.1 Å². The summed E-state index contributed by atoms with van der Waals surface area (Å²) in [6.07, 6.45) is 0. The van der Waals surface area contributed by atoms with Gasteiger partial charge in [-0.3, -0.25) is 4.55 Å². The zero-order valence-corrected chi connectivity index (χ0v) is 15.7. The minimum absolute atomic E-state index is 0.0398. The van der Waals surface area contributed by atoms with Crippen molar-refractivity contribution in [2.24, 2.45) is 0 Å². The van der Waals surface area contributed by atoms with Crippen molar-refractivity contribution in [2.75, 3.05) is 14.2 Å². The Morgan fingerprint density at radius 2 is 1.56 bits per heavy atom. The van der Waals surface area contributed by atoms with Gasteiger partial charge in [-0.25, -0.2) is 13.8 Å². The van der Waals surface area contributed by atoms with Crippen LogP contribution in [0.15, 0.2) is 46.2 Å². The van der Waals surface area contributed by atoms with E-state index in [4.69, 9.17) is 4.55 Å². The first-order valence-corrected chi connectivity index (χ1v) is 9.68. The molecule has 0 saturated heterocycles. The molecule has 27 heavy (non-hydrogen) atoms. The molecule has 1 atom stereocenters.